The van der Waals surface area contributed by atoms with Crippen molar-refractivity contribution in [1.82, 2.24) is 20.1 Å². The second kappa shape index (κ2) is 10.0. The van der Waals surface area contributed by atoms with Crippen molar-refractivity contribution >= 4 is 23.3 Å². The lowest BCUT2D eigenvalue weighted by Crippen LogP contribution is -2.35. The summed E-state index contributed by atoms with van der Waals surface area (Å²) in [7, 11) is 1.88. The summed E-state index contributed by atoms with van der Waals surface area (Å²) in [5, 5.41) is 11.5. The summed E-state index contributed by atoms with van der Waals surface area (Å²) in [6.45, 7) is 1.36. The molecule has 1 unspecified atom stereocenters. The van der Waals surface area contributed by atoms with Crippen LogP contribution in [0.3, 0.4) is 0 Å². The van der Waals surface area contributed by atoms with Crippen LogP contribution in [0.15, 0.2) is 85.3 Å². The van der Waals surface area contributed by atoms with Crippen LogP contribution < -0.4 is 10.6 Å². The molecular weight excluding hydrogens is 458 g/mol. The second-order valence-corrected chi connectivity index (χ2v) is 9.64. The smallest absolute Gasteiger partial charge is 0.234 e. The molecule has 2 heterocycles. The van der Waals surface area contributed by atoms with Crippen molar-refractivity contribution < 1.29 is 4.79 Å². The van der Waals surface area contributed by atoms with Crippen LogP contribution in [-0.2, 0) is 17.3 Å². The minimum Gasteiger partial charge on any atom is -0.315 e. The third-order valence-corrected chi connectivity index (χ3v) is 6.95. The molecular formula is C28H28ClN5O. The van der Waals surface area contributed by atoms with E-state index < -0.39 is 0 Å². The molecule has 2 N–H and O–H groups in total. The number of hydrogen-bond acceptors (Lipinski definition) is 4. The fraction of sp³-hybridized carbons (Fsp3) is 0.250. The number of nitrogens with zero attached hydrogens (tertiary/aromatic N) is 3. The molecule has 0 aliphatic heterocycles. The average molecular weight is 486 g/mol. The Morgan fingerprint density at radius 1 is 1.03 bits per heavy atom. The number of aryl methyl sites for hydroxylation is 1. The van der Waals surface area contributed by atoms with Crippen LogP contribution in [0.4, 0.5) is 5.82 Å². The highest BCUT2D eigenvalue weighted by Gasteiger charge is 2.43. The van der Waals surface area contributed by atoms with Crippen molar-refractivity contribution in [3.8, 4) is 11.1 Å². The lowest BCUT2D eigenvalue weighted by Gasteiger charge is -2.21. The van der Waals surface area contributed by atoms with Crippen molar-refractivity contribution in [3.05, 3.63) is 101 Å². The first kappa shape index (κ1) is 23.3. The highest BCUT2D eigenvalue weighted by molar-refractivity contribution is 6.30. The number of benzene rings is 2. The van der Waals surface area contributed by atoms with Gasteiger partial charge in [0.25, 0.3) is 0 Å². The highest BCUT2D eigenvalue weighted by atomic mass is 35.5. The molecule has 178 valence electrons. The molecule has 1 atom stereocenters. The van der Waals surface area contributed by atoms with Gasteiger partial charge in [0.2, 0.25) is 5.91 Å². The number of carbonyl (C=O) groups excluding carboxylic acids is 1. The molecule has 35 heavy (non-hydrogen) atoms. The van der Waals surface area contributed by atoms with Gasteiger partial charge in [0.05, 0.1) is 12.1 Å². The number of halogens is 1. The Morgan fingerprint density at radius 3 is 2.43 bits per heavy atom. The zero-order valence-corrected chi connectivity index (χ0v) is 20.4. The van der Waals surface area contributed by atoms with Crippen LogP contribution >= 0.6 is 11.6 Å². The summed E-state index contributed by atoms with van der Waals surface area (Å²) in [6, 6.07) is 21.8. The molecule has 0 bridgehead atoms. The zero-order valence-electron chi connectivity index (χ0n) is 19.6. The Balaban J connectivity index is 1.26. The first-order chi connectivity index (χ1) is 17.0. The molecule has 4 aromatic rings. The first-order valence-corrected chi connectivity index (χ1v) is 12.2. The molecule has 1 fully saturated rings. The number of carbonyl (C=O) groups is 1. The maximum atomic E-state index is 13.3. The zero-order chi connectivity index (χ0) is 24.3. The van der Waals surface area contributed by atoms with Gasteiger partial charge in [0.1, 0.15) is 5.82 Å². The van der Waals surface area contributed by atoms with Gasteiger partial charge in [-0.25, -0.2) is 4.98 Å². The van der Waals surface area contributed by atoms with Crippen molar-refractivity contribution in [2.75, 3.05) is 18.4 Å². The first-order valence-electron chi connectivity index (χ1n) is 11.8. The lowest BCUT2D eigenvalue weighted by atomic mass is 9.94. The van der Waals surface area contributed by atoms with Crippen molar-refractivity contribution in [3.63, 3.8) is 0 Å². The molecule has 2 aromatic heterocycles. The Bertz CT molecular complexity index is 1280. The van der Waals surface area contributed by atoms with Crippen LogP contribution in [0, 0.1) is 0 Å². The van der Waals surface area contributed by atoms with Gasteiger partial charge in [-0.3, -0.25) is 9.48 Å². The van der Waals surface area contributed by atoms with Gasteiger partial charge in [-0.2, -0.15) is 5.10 Å². The van der Waals surface area contributed by atoms with Gasteiger partial charge in [0.15, 0.2) is 0 Å². The predicted molar refractivity (Wildman–Crippen MR) is 139 cm³/mol. The van der Waals surface area contributed by atoms with Crippen LogP contribution in [0.25, 0.3) is 11.1 Å². The Labute approximate surface area is 210 Å². The molecule has 0 radical (unpaired) electrons. The summed E-state index contributed by atoms with van der Waals surface area (Å²) in [6.07, 6.45) is 7.76. The quantitative estimate of drug-likeness (QED) is 0.342. The number of amides is 1. The number of aromatic nitrogens is 3. The maximum Gasteiger partial charge on any atom is 0.234 e. The minimum atomic E-state index is -0.336. The Morgan fingerprint density at radius 2 is 1.80 bits per heavy atom. The van der Waals surface area contributed by atoms with E-state index in [9.17, 15) is 4.79 Å². The van der Waals surface area contributed by atoms with Crippen molar-refractivity contribution in [2.45, 2.75) is 24.2 Å². The molecule has 0 saturated heterocycles. The van der Waals surface area contributed by atoms with Crippen molar-refractivity contribution in [1.29, 1.82) is 0 Å². The third-order valence-electron chi connectivity index (χ3n) is 6.69. The fourth-order valence-electron chi connectivity index (χ4n) is 4.45. The van der Waals surface area contributed by atoms with Gasteiger partial charge in [-0.05, 0) is 48.2 Å². The number of anilines is 1. The van der Waals surface area contributed by atoms with Crippen LogP contribution in [0.5, 0.6) is 0 Å². The fourth-order valence-corrected chi connectivity index (χ4v) is 4.57. The van der Waals surface area contributed by atoms with Gasteiger partial charge in [0, 0.05) is 54.1 Å². The van der Waals surface area contributed by atoms with E-state index in [0.717, 1.165) is 41.1 Å². The molecule has 1 amide bonds. The van der Waals surface area contributed by atoms with Gasteiger partial charge >= 0.3 is 0 Å². The van der Waals surface area contributed by atoms with E-state index in [0.29, 0.717) is 12.4 Å². The van der Waals surface area contributed by atoms with Crippen LogP contribution in [0.2, 0.25) is 5.02 Å². The topological polar surface area (TPSA) is 71.8 Å². The molecule has 0 spiro atoms. The Hall–Kier alpha value is -3.48. The Kier molecular flexibility index (Phi) is 6.66. The molecule has 1 aliphatic rings. The SMILES string of the molecule is Cn1cc(-c2ccc(NC(=O)C(CNCC3(c4ccc(Cl)cc4)CC3)c3ccccc3)nc2)cn1. The monoisotopic (exact) mass is 485 g/mol. The summed E-state index contributed by atoms with van der Waals surface area (Å²) in [4.78, 5) is 17.8. The van der Waals surface area contributed by atoms with E-state index >= 15 is 0 Å². The molecule has 7 heteroatoms. The van der Waals surface area contributed by atoms with Gasteiger partial charge < -0.3 is 10.6 Å². The molecule has 1 aliphatic carbocycles. The largest absolute Gasteiger partial charge is 0.315 e. The second-order valence-electron chi connectivity index (χ2n) is 9.21. The van der Waals surface area contributed by atoms with E-state index in [2.05, 4.69) is 32.8 Å². The van der Waals surface area contributed by atoms with Crippen molar-refractivity contribution in [2.24, 2.45) is 7.05 Å². The highest BCUT2D eigenvalue weighted by Crippen LogP contribution is 2.47. The van der Waals surface area contributed by atoms with E-state index in [-0.39, 0.29) is 17.2 Å². The minimum absolute atomic E-state index is 0.0818. The maximum absolute atomic E-state index is 13.3. The summed E-state index contributed by atoms with van der Waals surface area (Å²) < 4.78 is 1.75. The number of nitrogens with one attached hydrogen (secondary N) is 2. The molecule has 5 rings (SSSR count). The third kappa shape index (κ3) is 5.45. The predicted octanol–water partition coefficient (Wildman–Crippen LogP) is 5.18. The van der Waals surface area contributed by atoms with Crippen LogP contribution in [-0.4, -0.2) is 33.8 Å². The van der Waals surface area contributed by atoms with E-state index in [1.807, 2.05) is 67.8 Å². The normalized spacial score (nSPS) is 14.9. The number of pyridine rings is 1. The van der Waals surface area contributed by atoms with Gasteiger partial charge in [-0.15, -0.1) is 0 Å². The molecule has 6 nitrogen and oxygen atoms in total. The molecule has 2 aromatic carbocycles. The number of rotatable bonds is 9. The van der Waals surface area contributed by atoms with Gasteiger partial charge in [-0.1, -0.05) is 54.1 Å². The van der Waals surface area contributed by atoms with Crippen LogP contribution in [0.1, 0.15) is 29.9 Å². The summed E-state index contributed by atoms with van der Waals surface area (Å²) in [5.74, 6) is 0.113. The lowest BCUT2D eigenvalue weighted by molar-refractivity contribution is -0.117. The van der Waals surface area contributed by atoms with E-state index in [4.69, 9.17) is 11.6 Å². The summed E-state index contributed by atoms with van der Waals surface area (Å²) in [5.41, 5.74) is 4.34. The van der Waals surface area contributed by atoms with E-state index in [1.54, 1.807) is 17.1 Å². The summed E-state index contributed by atoms with van der Waals surface area (Å²) >= 11 is 6.07. The number of hydrogen-bond donors (Lipinski definition) is 2. The average Bonchev–Trinajstić information content (AvgIpc) is 3.54. The molecule has 1 saturated carbocycles. The van der Waals surface area contributed by atoms with E-state index in [1.165, 1.54) is 5.56 Å². The standard InChI is InChI=1S/C28H28ClN5O/c1-34-18-22(16-32-34)21-7-12-26(31-15-21)33-27(35)25(20-5-3-2-4-6-20)17-30-19-28(13-14-28)23-8-10-24(29)11-9-23/h2-12,15-16,18,25,30H,13-14,17,19H2,1H3,(H,31,33,35).